The number of anilines is 2. The highest BCUT2D eigenvalue weighted by Gasteiger charge is 2.34. The van der Waals surface area contributed by atoms with E-state index in [0.717, 1.165) is 0 Å². The summed E-state index contributed by atoms with van der Waals surface area (Å²) in [7, 11) is 0. The van der Waals surface area contributed by atoms with E-state index >= 15 is 0 Å². The maximum atomic E-state index is 6.47. The van der Waals surface area contributed by atoms with Crippen LogP contribution in [0.1, 0.15) is 0 Å². The average Bonchev–Trinajstić information content (AvgIpc) is 2.91. The van der Waals surface area contributed by atoms with E-state index in [1.807, 2.05) is 36.4 Å². The quantitative estimate of drug-likeness (QED) is 0.185. The number of hydrogen-bond acceptors (Lipinski definition) is 8. The molecular formula is C30H28N4O4. The Kier molecular flexibility index (Phi) is 6.90. The van der Waals surface area contributed by atoms with Gasteiger partial charge in [-0.1, -0.05) is 0 Å². The molecule has 0 aromatic heterocycles. The summed E-state index contributed by atoms with van der Waals surface area (Å²) < 4.78 is 23.6. The number of benzene rings is 4. The molecule has 8 nitrogen and oxygen atoms in total. The summed E-state index contributed by atoms with van der Waals surface area (Å²) in [5, 5.41) is 0. The summed E-state index contributed by atoms with van der Waals surface area (Å²) in [6.45, 7) is 0. The number of nitrogen functional groups attached to an aromatic ring is 2. The Hall–Kier alpha value is -4.92. The van der Waals surface area contributed by atoms with Crippen molar-refractivity contribution in [1.82, 2.24) is 0 Å². The van der Waals surface area contributed by atoms with E-state index in [-0.39, 0.29) is 0 Å². The van der Waals surface area contributed by atoms with Gasteiger partial charge in [-0.2, -0.15) is 0 Å². The standard InChI is InChI=1S/C30H28N4O4/c31-20-1-5-22(6-2-20)35-24-9-11-26(12-10-24)37-28-17-18-30(34,29(33)19-28)38-27-15-13-25(14-16-27)36-23-7-3-21(32)4-8-23/h1-19,29H,31-34H2. The van der Waals surface area contributed by atoms with Crippen molar-refractivity contribution in [3.63, 3.8) is 0 Å². The Morgan fingerprint density at radius 3 is 1.32 bits per heavy atom. The van der Waals surface area contributed by atoms with E-state index in [9.17, 15) is 0 Å². The molecule has 8 heteroatoms. The van der Waals surface area contributed by atoms with Crippen LogP contribution in [-0.4, -0.2) is 11.8 Å². The van der Waals surface area contributed by atoms with Gasteiger partial charge in [0.15, 0.2) is 5.72 Å². The van der Waals surface area contributed by atoms with Gasteiger partial charge in [0.2, 0.25) is 0 Å². The molecule has 2 atom stereocenters. The van der Waals surface area contributed by atoms with E-state index in [1.165, 1.54) is 0 Å². The van der Waals surface area contributed by atoms with Crippen LogP contribution < -0.4 is 41.9 Å². The predicted octanol–water partition coefficient (Wildman–Crippen LogP) is 5.33. The first kappa shape index (κ1) is 24.8. The molecule has 1 aliphatic carbocycles. The summed E-state index contributed by atoms with van der Waals surface area (Å²) in [4.78, 5) is 0. The smallest absolute Gasteiger partial charge is 0.197 e. The van der Waals surface area contributed by atoms with Crippen molar-refractivity contribution in [2.75, 3.05) is 11.5 Å². The zero-order chi connectivity index (χ0) is 26.5. The third kappa shape index (κ3) is 6.07. The van der Waals surface area contributed by atoms with Crippen LogP contribution in [0, 0.1) is 0 Å². The molecule has 38 heavy (non-hydrogen) atoms. The SMILES string of the molecule is Nc1ccc(Oc2ccc(OC3=CC(N)C(N)(Oc4ccc(Oc5ccc(N)cc5)cc4)C=C3)cc2)cc1. The van der Waals surface area contributed by atoms with Gasteiger partial charge in [-0.3, -0.25) is 5.73 Å². The van der Waals surface area contributed by atoms with Gasteiger partial charge in [-0.05, 0) is 115 Å². The molecule has 8 N–H and O–H groups in total. The highest BCUT2D eigenvalue weighted by atomic mass is 16.5. The maximum Gasteiger partial charge on any atom is 0.197 e. The lowest BCUT2D eigenvalue weighted by molar-refractivity contribution is 0.109. The summed E-state index contributed by atoms with van der Waals surface area (Å²) in [6.07, 6.45) is 5.14. The van der Waals surface area contributed by atoms with Gasteiger partial charge in [-0.25, -0.2) is 0 Å². The predicted molar refractivity (Wildman–Crippen MR) is 148 cm³/mol. The Balaban J connectivity index is 1.17. The fourth-order valence-electron chi connectivity index (χ4n) is 3.69. The van der Waals surface area contributed by atoms with Crippen LogP contribution in [0.25, 0.3) is 0 Å². The topological polar surface area (TPSA) is 141 Å². The van der Waals surface area contributed by atoms with E-state index in [0.29, 0.717) is 51.6 Å². The Morgan fingerprint density at radius 1 is 0.526 bits per heavy atom. The van der Waals surface area contributed by atoms with Crippen molar-refractivity contribution < 1.29 is 18.9 Å². The molecule has 0 saturated heterocycles. The number of rotatable bonds is 8. The second-order valence-electron chi connectivity index (χ2n) is 8.77. The molecule has 0 bridgehead atoms. The van der Waals surface area contributed by atoms with Gasteiger partial charge in [0.25, 0.3) is 0 Å². The normalized spacial score (nSPS) is 18.4. The van der Waals surface area contributed by atoms with E-state index in [1.54, 1.807) is 78.9 Å². The van der Waals surface area contributed by atoms with Crippen molar-refractivity contribution in [1.29, 1.82) is 0 Å². The van der Waals surface area contributed by atoms with Crippen molar-refractivity contribution in [2.45, 2.75) is 11.8 Å². The summed E-state index contributed by atoms with van der Waals surface area (Å²) in [6, 6.07) is 28.1. The van der Waals surface area contributed by atoms with Gasteiger partial charge in [0.05, 0.1) is 6.04 Å². The lowest BCUT2D eigenvalue weighted by Gasteiger charge is -2.34. The van der Waals surface area contributed by atoms with Crippen molar-refractivity contribution in [3.8, 4) is 34.5 Å². The first-order valence-corrected chi connectivity index (χ1v) is 11.9. The second kappa shape index (κ2) is 10.6. The molecule has 2 unspecified atom stereocenters. The lowest BCUT2D eigenvalue weighted by atomic mass is 9.99. The molecule has 0 amide bonds. The van der Waals surface area contributed by atoms with Crippen molar-refractivity contribution >= 4 is 11.4 Å². The van der Waals surface area contributed by atoms with Gasteiger partial charge in [-0.15, -0.1) is 0 Å². The minimum Gasteiger partial charge on any atom is -0.467 e. The van der Waals surface area contributed by atoms with E-state index in [4.69, 9.17) is 41.9 Å². The summed E-state index contributed by atoms with van der Waals surface area (Å²) in [5.41, 5.74) is 24.3. The Morgan fingerprint density at radius 2 is 0.895 bits per heavy atom. The van der Waals surface area contributed by atoms with Crippen LogP contribution in [0.4, 0.5) is 11.4 Å². The molecule has 192 valence electrons. The highest BCUT2D eigenvalue weighted by Crippen LogP contribution is 2.29. The van der Waals surface area contributed by atoms with Crippen LogP contribution in [0.15, 0.2) is 121 Å². The van der Waals surface area contributed by atoms with Gasteiger partial charge < -0.3 is 36.1 Å². The van der Waals surface area contributed by atoms with E-state index < -0.39 is 11.8 Å². The minimum atomic E-state index is -1.25. The van der Waals surface area contributed by atoms with Crippen LogP contribution in [0.3, 0.4) is 0 Å². The van der Waals surface area contributed by atoms with Gasteiger partial charge in [0.1, 0.15) is 40.3 Å². The molecule has 0 spiro atoms. The first-order chi connectivity index (χ1) is 18.3. The third-order valence-electron chi connectivity index (χ3n) is 5.78. The highest BCUT2D eigenvalue weighted by molar-refractivity contribution is 5.45. The largest absolute Gasteiger partial charge is 0.467 e. The summed E-state index contributed by atoms with van der Waals surface area (Å²) >= 11 is 0. The average molecular weight is 509 g/mol. The zero-order valence-corrected chi connectivity index (χ0v) is 20.5. The molecule has 4 aromatic carbocycles. The molecule has 0 saturated carbocycles. The lowest BCUT2D eigenvalue weighted by Crippen LogP contribution is -2.58. The van der Waals surface area contributed by atoms with Crippen molar-refractivity contribution in [3.05, 3.63) is 121 Å². The Bertz CT molecular complexity index is 1430. The van der Waals surface area contributed by atoms with Crippen LogP contribution in [0.5, 0.6) is 34.5 Å². The minimum absolute atomic E-state index is 0.548. The van der Waals surface area contributed by atoms with Gasteiger partial charge in [0, 0.05) is 11.4 Å². The van der Waals surface area contributed by atoms with Crippen LogP contribution in [0.2, 0.25) is 0 Å². The van der Waals surface area contributed by atoms with Gasteiger partial charge >= 0.3 is 0 Å². The van der Waals surface area contributed by atoms with Crippen LogP contribution >= 0.6 is 0 Å². The molecule has 0 aliphatic heterocycles. The summed E-state index contributed by atoms with van der Waals surface area (Å²) in [5.74, 6) is 4.43. The first-order valence-electron chi connectivity index (χ1n) is 11.9. The molecule has 1 aliphatic rings. The Labute approximate surface area is 220 Å². The molecule has 4 aromatic rings. The molecule has 0 fully saturated rings. The molecule has 0 radical (unpaired) electrons. The second-order valence-corrected chi connectivity index (χ2v) is 8.77. The molecule has 0 heterocycles. The fraction of sp³-hybridized carbons (Fsp3) is 0.0667. The number of allylic oxidation sites excluding steroid dienone is 1. The van der Waals surface area contributed by atoms with Crippen molar-refractivity contribution in [2.24, 2.45) is 11.5 Å². The molecular weight excluding hydrogens is 480 g/mol. The van der Waals surface area contributed by atoms with Crippen LogP contribution in [-0.2, 0) is 0 Å². The third-order valence-corrected chi connectivity index (χ3v) is 5.78. The molecule has 5 rings (SSSR count). The monoisotopic (exact) mass is 508 g/mol. The number of nitrogens with two attached hydrogens (primary N) is 4. The maximum absolute atomic E-state index is 6.47. The number of ether oxygens (including phenoxy) is 4. The van der Waals surface area contributed by atoms with E-state index in [2.05, 4.69) is 0 Å². The fourth-order valence-corrected chi connectivity index (χ4v) is 3.69. The number of hydrogen-bond donors (Lipinski definition) is 4. The zero-order valence-electron chi connectivity index (χ0n) is 20.5.